The lowest BCUT2D eigenvalue weighted by Gasteiger charge is -2.21. The molecule has 0 aliphatic heterocycles. The molecule has 0 radical (unpaired) electrons. The molecule has 0 atom stereocenters. The molecular weight excluding hydrogens is 505 g/mol. The van der Waals surface area contributed by atoms with Gasteiger partial charge in [0.2, 0.25) is 11.7 Å². The van der Waals surface area contributed by atoms with Crippen LogP contribution in [-0.4, -0.2) is 21.0 Å². The maximum atomic E-state index is 14.1. The molecule has 1 amide bonds. The number of nitrogens with zero attached hydrogens (tertiary/aromatic N) is 2. The van der Waals surface area contributed by atoms with Crippen LogP contribution in [0.3, 0.4) is 0 Å². The van der Waals surface area contributed by atoms with Gasteiger partial charge in [0.1, 0.15) is 5.75 Å². The second kappa shape index (κ2) is 10.2. The van der Waals surface area contributed by atoms with E-state index >= 15 is 0 Å². The van der Waals surface area contributed by atoms with E-state index in [9.17, 15) is 31.9 Å². The van der Waals surface area contributed by atoms with Gasteiger partial charge in [-0.3, -0.25) is 4.79 Å². The van der Waals surface area contributed by atoms with Crippen LogP contribution in [0, 0.1) is 29.1 Å². The topological polar surface area (TPSA) is 75.1 Å². The molecule has 1 aromatic heterocycles. The third-order valence-electron chi connectivity index (χ3n) is 6.40. The first-order valence-electron chi connectivity index (χ1n) is 11.8. The Labute approximate surface area is 214 Å². The average molecular weight is 525 g/mol. The van der Waals surface area contributed by atoms with E-state index in [0.717, 1.165) is 16.7 Å². The molecule has 3 aromatic carbocycles. The van der Waals surface area contributed by atoms with Crippen LogP contribution >= 0.6 is 0 Å². The van der Waals surface area contributed by atoms with Crippen LogP contribution in [0.25, 0.3) is 11.3 Å². The monoisotopic (exact) mass is 525 g/mol. The number of phenolic OH excluding ortho intramolecular Hbond substituents is 1. The van der Waals surface area contributed by atoms with Crippen LogP contribution in [0.2, 0.25) is 0 Å². The minimum atomic E-state index is -2.29. The van der Waals surface area contributed by atoms with Gasteiger partial charge < -0.3 is 10.4 Å². The Bertz CT molecular complexity index is 1530. The second-order valence-corrected chi connectivity index (χ2v) is 8.91. The maximum absolute atomic E-state index is 14.1. The van der Waals surface area contributed by atoms with Crippen molar-refractivity contribution in [1.82, 2.24) is 9.97 Å². The largest absolute Gasteiger partial charge is 0.508 e. The summed E-state index contributed by atoms with van der Waals surface area (Å²) in [5, 5.41) is 12.3. The molecular formula is C28H20F5N3O2. The molecule has 1 heterocycles. The highest BCUT2D eigenvalue weighted by atomic mass is 19.2. The van der Waals surface area contributed by atoms with E-state index in [1.165, 1.54) is 0 Å². The van der Waals surface area contributed by atoms with Crippen LogP contribution in [0.1, 0.15) is 28.1 Å². The number of anilines is 1. The number of amides is 1. The normalized spacial score (nSPS) is 12.1. The number of hydrogen-bond donors (Lipinski definition) is 2. The molecule has 38 heavy (non-hydrogen) atoms. The lowest BCUT2D eigenvalue weighted by Crippen LogP contribution is -2.22. The first-order valence-corrected chi connectivity index (χ1v) is 11.8. The highest BCUT2D eigenvalue weighted by Gasteiger charge is 2.28. The van der Waals surface area contributed by atoms with E-state index in [1.807, 2.05) is 30.3 Å². The molecule has 0 spiro atoms. The Morgan fingerprint density at radius 1 is 0.842 bits per heavy atom. The van der Waals surface area contributed by atoms with Crippen molar-refractivity contribution < 1.29 is 31.9 Å². The third-order valence-corrected chi connectivity index (χ3v) is 6.40. The fraction of sp³-hybridized carbons (Fsp3) is 0.179. The Morgan fingerprint density at radius 2 is 1.53 bits per heavy atom. The summed E-state index contributed by atoms with van der Waals surface area (Å²) in [7, 11) is 0. The minimum Gasteiger partial charge on any atom is -0.508 e. The van der Waals surface area contributed by atoms with Gasteiger partial charge in [-0.2, -0.15) is 0 Å². The Kier molecular flexibility index (Phi) is 6.79. The number of aromatic nitrogens is 2. The average Bonchev–Trinajstić information content (AvgIpc) is 2.92. The summed E-state index contributed by atoms with van der Waals surface area (Å²) in [4.78, 5) is 22.1. The number of carbonyl (C=O) groups is 1. The molecule has 0 saturated carbocycles. The molecule has 5 rings (SSSR count). The van der Waals surface area contributed by atoms with Gasteiger partial charge in [0, 0.05) is 11.1 Å². The zero-order chi connectivity index (χ0) is 27.0. The SMILES string of the molecule is O=C(Cc1c(F)c(F)c(F)c(F)c1F)Nc1nc2c(nc1CCc1ccccc1)-c1ccc(O)cc1CC2. The van der Waals surface area contributed by atoms with Crippen molar-refractivity contribution in [3.63, 3.8) is 0 Å². The number of halogens is 5. The van der Waals surface area contributed by atoms with E-state index in [0.29, 0.717) is 42.8 Å². The van der Waals surface area contributed by atoms with Crippen molar-refractivity contribution in [2.24, 2.45) is 0 Å². The number of aromatic hydroxyl groups is 1. The number of nitrogens with one attached hydrogen (secondary N) is 1. The summed E-state index contributed by atoms with van der Waals surface area (Å²) in [5.74, 6) is -11.5. The number of fused-ring (bicyclic) bond motifs is 3. The van der Waals surface area contributed by atoms with Gasteiger partial charge >= 0.3 is 0 Å². The van der Waals surface area contributed by atoms with E-state index in [4.69, 9.17) is 4.98 Å². The van der Waals surface area contributed by atoms with Crippen molar-refractivity contribution in [2.45, 2.75) is 32.1 Å². The van der Waals surface area contributed by atoms with E-state index < -0.39 is 47.0 Å². The maximum Gasteiger partial charge on any atom is 0.230 e. The fourth-order valence-corrected chi connectivity index (χ4v) is 4.49. The first-order chi connectivity index (χ1) is 18.2. The van der Waals surface area contributed by atoms with Crippen LogP contribution in [0.4, 0.5) is 27.8 Å². The summed E-state index contributed by atoms with van der Waals surface area (Å²) in [5.41, 5.74) is 2.99. The van der Waals surface area contributed by atoms with Crippen LogP contribution in [-0.2, 0) is 36.9 Å². The quantitative estimate of drug-likeness (QED) is 0.195. The van der Waals surface area contributed by atoms with Crippen molar-refractivity contribution in [3.05, 3.63) is 106 Å². The zero-order valence-electron chi connectivity index (χ0n) is 19.8. The number of carbonyl (C=O) groups excluding carboxylic acids is 1. The first kappa shape index (κ1) is 25.3. The number of rotatable bonds is 6. The molecule has 2 N–H and O–H groups in total. The molecule has 1 aliphatic carbocycles. The van der Waals surface area contributed by atoms with Crippen molar-refractivity contribution >= 4 is 11.7 Å². The lowest BCUT2D eigenvalue weighted by atomic mass is 9.91. The fourth-order valence-electron chi connectivity index (χ4n) is 4.49. The minimum absolute atomic E-state index is 0.0516. The molecule has 5 nitrogen and oxygen atoms in total. The van der Waals surface area contributed by atoms with E-state index in [1.54, 1.807) is 18.2 Å². The number of benzene rings is 3. The smallest absolute Gasteiger partial charge is 0.230 e. The highest BCUT2D eigenvalue weighted by Crippen LogP contribution is 2.35. The summed E-state index contributed by atoms with van der Waals surface area (Å²) < 4.78 is 68.9. The molecule has 1 aliphatic rings. The summed E-state index contributed by atoms with van der Waals surface area (Å²) >= 11 is 0. The summed E-state index contributed by atoms with van der Waals surface area (Å²) in [6, 6.07) is 14.4. The van der Waals surface area contributed by atoms with Crippen LogP contribution in [0.5, 0.6) is 5.75 Å². The van der Waals surface area contributed by atoms with E-state index in [2.05, 4.69) is 10.3 Å². The molecule has 0 saturated heterocycles. The Hall–Kier alpha value is -4.34. The molecule has 10 heteroatoms. The third kappa shape index (κ3) is 4.81. The van der Waals surface area contributed by atoms with Gasteiger partial charge in [-0.25, -0.2) is 31.9 Å². The highest BCUT2D eigenvalue weighted by molar-refractivity contribution is 5.92. The van der Waals surface area contributed by atoms with Crippen molar-refractivity contribution in [2.75, 3.05) is 5.32 Å². The van der Waals surface area contributed by atoms with E-state index in [-0.39, 0.29) is 11.6 Å². The zero-order valence-corrected chi connectivity index (χ0v) is 19.8. The summed E-state index contributed by atoms with van der Waals surface area (Å²) in [6.07, 6.45) is 0.808. The Balaban J connectivity index is 1.49. The number of phenols is 1. The standard InChI is InChI=1S/C28H20F5N3O2/c29-22-18(23(30)25(32)26(33)24(22)31)13-21(38)36-28-20(10-6-14-4-2-1-3-5-14)34-27-17-9-8-16(37)12-15(17)7-11-19(27)35-28/h1-5,8-9,12,37H,6-7,10-11,13H2,(H,35,36,38). The van der Waals surface area contributed by atoms with Gasteiger partial charge in [0.15, 0.2) is 29.1 Å². The predicted molar refractivity (Wildman–Crippen MR) is 129 cm³/mol. The van der Waals surface area contributed by atoms with Gasteiger partial charge in [-0.15, -0.1) is 0 Å². The molecule has 0 unspecified atom stereocenters. The van der Waals surface area contributed by atoms with Gasteiger partial charge in [-0.05, 0) is 55.0 Å². The molecule has 194 valence electrons. The summed E-state index contributed by atoms with van der Waals surface area (Å²) in [6.45, 7) is 0. The molecule has 4 aromatic rings. The number of hydrogen-bond acceptors (Lipinski definition) is 4. The van der Waals surface area contributed by atoms with Crippen molar-refractivity contribution in [1.29, 1.82) is 0 Å². The second-order valence-electron chi connectivity index (χ2n) is 8.91. The van der Waals surface area contributed by atoms with Crippen molar-refractivity contribution in [3.8, 4) is 17.0 Å². The molecule has 0 fully saturated rings. The number of aryl methyl sites for hydroxylation is 4. The van der Waals surface area contributed by atoms with Crippen LogP contribution in [0.15, 0.2) is 48.5 Å². The molecule has 0 bridgehead atoms. The predicted octanol–water partition coefficient (Wildman–Crippen LogP) is 5.61. The van der Waals surface area contributed by atoms with Gasteiger partial charge in [0.05, 0.1) is 23.5 Å². The van der Waals surface area contributed by atoms with Gasteiger partial charge in [-0.1, -0.05) is 30.3 Å². The lowest BCUT2D eigenvalue weighted by molar-refractivity contribution is -0.115. The van der Waals surface area contributed by atoms with Gasteiger partial charge in [0.25, 0.3) is 0 Å². The Morgan fingerprint density at radius 3 is 2.24 bits per heavy atom. The van der Waals surface area contributed by atoms with Crippen LogP contribution < -0.4 is 5.32 Å².